The molecule has 0 N–H and O–H groups in total. The van der Waals surface area contributed by atoms with Crippen molar-refractivity contribution in [3.05, 3.63) is 75.3 Å². The van der Waals surface area contributed by atoms with Gasteiger partial charge in [0.05, 0.1) is 33.6 Å². The van der Waals surface area contributed by atoms with Gasteiger partial charge in [-0.15, -0.1) is 0 Å². The van der Waals surface area contributed by atoms with Crippen molar-refractivity contribution in [3.8, 4) is 0 Å². The molecule has 0 spiro atoms. The van der Waals surface area contributed by atoms with Crippen LogP contribution in [0.2, 0.25) is 0 Å². The number of rotatable bonds is 2. The van der Waals surface area contributed by atoms with Crippen molar-refractivity contribution in [2.75, 3.05) is 0 Å². The zero-order chi connectivity index (χ0) is 38.9. The number of fused-ring (bicyclic) bond motifs is 2. The number of hydrogen-bond donors (Lipinski definition) is 0. The monoisotopic (exact) mass is 774 g/mol. The molecule has 0 amide bonds. The Morgan fingerprint density at radius 1 is 0.462 bits per heavy atom. The van der Waals surface area contributed by atoms with Crippen LogP contribution in [-0.2, 0) is 40.8 Å². The molecule has 0 bridgehead atoms. The molecule has 2 aliphatic carbocycles. The molecule has 2 aromatic rings. The van der Waals surface area contributed by atoms with E-state index in [1.165, 1.54) is 26.7 Å². The zero-order valence-corrected chi connectivity index (χ0v) is 36.3. The molecule has 10 heteroatoms. The van der Waals surface area contributed by atoms with E-state index in [1.807, 2.05) is 55.4 Å². The first kappa shape index (κ1) is 41.5. The largest absolute Gasteiger partial charge is 0.495 e. The third-order valence-electron chi connectivity index (χ3n) is 12.3. The Kier molecular flexibility index (Phi) is 11.0. The average Bonchev–Trinajstić information content (AvgIpc) is 3.45. The fourth-order valence-electron chi connectivity index (χ4n) is 6.81. The lowest BCUT2D eigenvalue weighted by molar-refractivity contribution is 0.00578. The lowest BCUT2D eigenvalue weighted by Gasteiger charge is -2.32. The van der Waals surface area contributed by atoms with Gasteiger partial charge < -0.3 is 27.9 Å². The predicted molar refractivity (Wildman–Crippen MR) is 222 cm³/mol. The molecule has 0 radical (unpaired) electrons. The molecule has 3 aliphatic heterocycles. The first-order chi connectivity index (χ1) is 23.6. The Labute approximate surface area is 324 Å². The van der Waals surface area contributed by atoms with E-state index in [9.17, 15) is 0 Å². The van der Waals surface area contributed by atoms with Crippen molar-refractivity contribution in [3.63, 3.8) is 0 Å². The molecule has 6 nitrogen and oxygen atoms in total. The van der Waals surface area contributed by atoms with E-state index in [-0.39, 0.29) is 46.1 Å². The number of hydrogen-bond acceptors (Lipinski definition) is 6. The molecule has 0 saturated carbocycles. The van der Waals surface area contributed by atoms with Gasteiger partial charge in [0.25, 0.3) is 0 Å². The van der Waals surface area contributed by atoms with Crippen LogP contribution in [-0.4, -0.2) is 54.7 Å². The first-order valence-corrected chi connectivity index (χ1v) is 19.7. The summed E-state index contributed by atoms with van der Waals surface area (Å²) in [6.45, 7) is 33.7. The van der Waals surface area contributed by atoms with Gasteiger partial charge in [-0.2, -0.15) is 0 Å². The maximum atomic E-state index is 6.21. The second kappa shape index (κ2) is 13.8. The molecular weight excluding hydrogens is 713 g/mol. The third-order valence-corrected chi connectivity index (χ3v) is 13.0. The highest BCUT2D eigenvalue weighted by Gasteiger charge is 2.63. The van der Waals surface area contributed by atoms with Gasteiger partial charge in [0.2, 0.25) is 0 Å². The highest BCUT2D eigenvalue weighted by Crippen LogP contribution is 2.43. The van der Waals surface area contributed by atoms with E-state index in [4.69, 9.17) is 27.9 Å². The number of allylic oxidation sites excluding steroid dienone is 2. The SMILES string of the molecule is CC1(C)C=Cc2c(Br)cccc2C1.CC1(C)C=Cc2c(cccc2B2OC(C)(C)C(C)(C)O2)C1.CC1(C)OB(B2OC(C)(C)C(C)(C)O2)OC1(C)C. The van der Waals surface area contributed by atoms with Crippen molar-refractivity contribution in [2.24, 2.45) is 10.8 Å². The molecule has 3 saturated heterocycles. The van der Waals surface area contributed by atoms with Crippen LogP contribution in [0.15, 0.2) is 53.0 Å². The van der Waals surface area contributed by atoms with Crippen LogP contribution in [0.3, 0.4) is 0 Å². The van der Waals surface area contributed by atoms with E-state index in [1.54, 1.807) is 0 Å². The van der Waals surface area contributed by atoms with Gasteiger partial charge >= 0.3 is 21.1 Å². The van der Waals surface area contributed by atoms with E-state index in [2.05, 4.69) is 132 Å². The van der Waals surface area contributed by atoms with Crippen LogP contribution < -0.4 is 5.46 Å². The van der Waals surface area contributed by atoms with Gasteiger partial charge in [-0.1, -0.05) is 98.3 Å². The normalized spacial score (nSPS) is 25.8. The quantitative estimate of drug-likeness (QED) is 0.284. The molecule has 3 heterocycles. The first-order valence-electron chi connectivity index (χ1n) is 18.9. The summed E-state index contributed by atoms with van der Waals surface area (Å²) < 4.78 is 37.5. The lowest BCUT2D eigenvalue weighted by atomic mass is 9.49. The molecule has 0 unspecified atom stereocenters. The van der Waals surface area contributed by atoms with E-state index in [0.29, 0.717) is 5.41 Å². The molecule has 5 aliphatic rings. The summed E-state index contributed by atoms with van der Waals surface area (Å²) >= 11 is 3.57. The van der Waals surface area contributed by atoms with Crippen molar-refractivity contribution >= 4 is 54.7 Å². The van der Waals surface area contributed by atoms with Crippen LogP contribution in [0.1, 0.15) is 133 Å². The van der Waals surface area contributed by atoms with Crippen molar-refractivity contribution in [1.82, 2.24) is 0 Å². The van der Waals surface area contributed by atoms with Crippen LogP contribution in [0.25, 0.3) is 12.2 Å². The van der Waals surface area contributed by atoms with Crippen molar-refractivity contribution < 1.29 is 27.9 Å². The summed E-state index contributed by atoms with van der Waals surface area (Å²) in [7, 11) is -1.23. The van der Waals surface area contributed by atoms with E-state index >= 15 is 0 Å². The molecule has 52 heavy (non-hydrogen) atoms. The number of benzene rings is 2. The van der Waals surface area contributed by atoms with Gasteiger partial charge in [-0.3, -0.25) is 0 Å². The molecule has 0 aromatic heterocycles. The van der Waals surface area contributed by atoms with Crippen LogP contribution >= 0.6 is 15.9 Å². The minimum atomic E-state index is -0.476. The van der Waals surface area contributed by atoms with Crippen molar-refractivity contribution in [2.45, 2.75) is 157 Å². The molecule has 282 valence electrons. The Hall–Kier alpha value is -1.65. The van der Waals surface area contributed by atoms with Gasteiger partial charge in [0.15, 0.2) is 0 Å². The highest BCUT2D eigenvalue weighted by atomic mass is 79.9. The fourth-order valence-corrected chi connectivity index (χ4v) is 7.34. The Morgan fingerprint density at radius 3 is 1.23 bits per heavy atom. The highest BCUT2D eigenvalue weighted by molar-refractivity contribution is 9.10. The lowest BCUT2D eigenvalue weighted by Crippen LogP contribution is -2.41. The summed E-state index contributed by atoms with van der Waals surface area (Å²) in [4.78, 5) is 0. The Bertz CT molecular complexity index is 1620. The van der Waals surface area contributed by atoms with Gasteiger partial charge in [-0.05, 0) is 141 Å². The minimum Gasteiger partial charge on any atom is -0.405 e. The minimum absolute atomic E-state index is 0.224. The Balaban J connectivity index is 0.000000155. The smallest absolute Gasteiger partial charge is 0.405 e. The maximum absolute atomic E-state index is 6.21. The van der Waals surface area contributed by atoms with Crippen LogP contribution in [0.5, 0.6) is 0 Å². The average molecular weight is 775 g/mol. The van der Waals surface area contributed by atoms with Gasteiger partial charge in [0, 0.05) is 4.47 Å². The summed E-state index contributed by atoms with van der Waals surface area (Å²) in [6.07, 6.45) is 11.2. The second-order valence-electron chi connectivity index (χ2n) is 19.6. The Morgan fingerprint density at radius 2 is 0.808 bits per heavy atom. The van der Waals surface area contributed by atoms with E-state index in [0.717, 1.165) is 18.3 Å². The van der Waals surface area contributed by atoms with Gasteiger partial charge in [0.1, 0.15) is 0 Å². The van der Waals surface area contributed by atoms with Gasteiger partial charge in [-0.25, -0.2) is 0 Å². The predicted octanol–water partition coefficient (Wildman–Crippen LogP) is 9.88. The summed E-state index contributed by atoms with van der Waals surface area (Å²) in [5.41, 5.74) is 5.11. The van der Waals surface area contributed by atoms with E-state index < -0.39 is 14.0 Å². The second-order valence-corrected chi connectivity index (χ2v) is 20.4. The van der Waals surface area contributed by atoms with Crippen molar-refractivity contribution in [1.29, 1.82) is 0 Å². The molecule has 0 atom stereocenters. The van der Waals surface area contributed by atoms with Crippen LogP contribution in [0, 0.1) is 10.8 Å². The molecule has 7 rings (SSSR count). The fraction of sp³-hybridized carbons (Fsp3) is 0.619. The molecular formula is C42H62B3BrO6. The van der Waals surface area contributed by atoms with Crippen LogP contribution in [0.4, 0.5) is 0 Å². The summed E-state index contributed by atoms with van der Waals surface area (Å²) in [5, 5.41) is 0. The topological polar surface area (TPSA) is 55.4 Å². The number of halogens is 1. The standard InChI is InChI=1S/C18H25BO2.C12H24B2O4.C12H13Br/c1-16(2)11-10-14-13(12-16)8-7-9-15(14)19-20-17(3,4)18(5,6)21-19;1-9(2)10(3,4)16-13(15-9)14-17-11(5,6)12(7,8)18-14;1-12(2)7-6-10-9(8-12)4-3-5-11(10)13/h7-11H,12H2,1-6H3;1-8H3;3-7H,8H2,1-2H3. The zero-order valence-electron chi connectivity index (χ0n) is 34.7. The summed E-state index contributed by atoms with van der Waals surface area (Å²) in [5.74, 6) is 0. The molecule has 3 fully saturated rings. The third kappa shape index (κ3) is 8.44. The summed E-state index contributed by atoms with van der Waals surface area (Å²) in [6, 6.07) is 12.9. The maximum Gasteiger partial charge on any atom is 0.495 e. The molecule has 2 aromatic carbocycles.